The van der Waals surface area contributed by atoms with Crippen LogP contribution < -0.4 is 15.8 Å². The van der Waals surface area contributed by atoms with E-state index in [-0.39, 0.29) is 0 Å². The van der Waals surface area contributed by atoms with Gasteiger partial charge < -0.3 is 15.8 Å². The van der Waals surface area contributed by atoms with Crippen molar-refractivity contribution in [1.82, 2.24) is 9.97 Å². The first kappa shape index (κ1) is 14.7. The number of ether oxygens (including phenoxy) is 1. The van der Waals surface area contributed by atoms with Gasteiger partial charge >= 0.3 is 0 Å². The second-order valence-electron chi connectivity index (χ2n) is 4.32. The van der Waals surface area contributed by atoms with Gasteiger partial charge in [0, 0.05) is 6.54 Å². The average Bonchev–Trinajstić information content (AvgIpc) is 2.41. The lowest BCUT2D eigenvalue weighted by atomic mass is 10.0. The Morgan fingerprint density at radius 3 is 2.89 bits per heavy atom. The lowest BCUT2D eigenvalue weighted by molar-refractivity contribution is 0.304. The molecule has 1 rings (SSSR count). The second kappa shape index (κ2) is 8.69. The molecule has 5 nitrogen and oxygen atoms in total. The first-order valence-corrected chi connectivity index (χ1v) is 6.68. The van der Waals surface area contributed by atoms with Crippen LogP contribution in [-0.4, -0.2) is 29.7 Å². The maximum Gasteiger partial charge on any atom is 0.234 e. The zero-order valence-electron chi connectivity index (χ0n) is 11.4. The first-order chi connectivity index (χ1) is 8.80. The third-order valence-electron chi connectivity index (χ3n) is 2.79. The summed E-state index contributed by atoms with van der Waals surface area (Å²) in [5, 5.41) is 3.29. The standard InChI is InChI=1S/C13H24N4O/c1-3-7-18-13-10-15-9-12(17-13)16-8-11(4-2)5-6-14/h9-11H,3-8,14H2,1-2H3,(H,16,17). The predicted molar refractivity (Wildman–Crippen MR) is 73.8 cm³/mol. The molecule has 0 radical (unpaired) electrons. The minimum atomic E-state index is 0.578. The molecule has 1 heterocycles. The van der Waals surface area contributed by atoms with Crippen molar-refractivity contribution in [3.05, 3.63) is 12.4 Å². The van der Waals surface area contributed by atoms with Crippen LogP contribution in [0.4, 0.5) is 5.82 Å². The minimum Gasteiger partial charge on any atom is -0.477 e. The summed E-state index contributed by atoms with van der Waals surface area (Å²) in [5.74, 6) is 1.92. The van der Waals surface area contributed by atoms with Gasteiger partial charge in [-0.25, -0.2) is 0 Å². The fourth-order valence-corrected chi connectivity index (χ4v) is 1.64. The van der Waals surface area contributed by atoms with E-state index >= 15 is 0 Å². The smallest absolute Gasteiger partial charge is 0.234 e. The van der Waals surface area contributed by atoms with Crippen molar-refractivity contribution in [2.24, 2.45) is 11.7 Å². The third kappa shape index (κ3) is 5.31. The molecule has 0 spiro atoms. The third-order valence-corrected chi connectivity index (χ3v) is 2.79. The molecule has 0 aromatic carbocycles. The number of hydrogen-bond donors (Lipinski definition) is 2. The van der Waals surface area contributed by atoms with Crippen LogP contribution >= 0.6 is 0 Å². The van der Waals surface area contributed by atoms with Gasteiger partial charge in [0.2, 0.25) is 5.88 Å². The van der Waals surface area contributed by atoms with E-state index in [1.165, 1.54) is 0 Å². The maximum atomic E-state index is 5.58. The number of nitrogens with one attached hydrogen (secondary N) is 1. The summed E-state index contributed by atoms with van der Waals surface area (Å²) >= 11 is 0. The zero-order chi connectivity index (χ0) is 13.2. The van der Waals surface area contributed by atoms with Gasteiger partial charge in [0.05, 0.1) is 19.0 Å². The Hall–Kier alpha value is -1.36. The number of nitrogens with zero attached hydrogens (tertiary/aromatic N) is 2. The molecular formula is C13H24N4O. The highest BCUT2D eigenvalue weighted by Gasteiger charge is 2.06. The summed E-state index contributed by atoms with van der Waals surface area (Å²) in [4.78, 5) is 8.46. The van der Waals surface area contributed by atoms with E-state index in [0.29, 0.717) is 18.4 Å². The summed E-state index contributed by atoms with van der Waals surface area (Å²) in [6.07, 6.45) is 6.46. The number of nitrogens with two attached hydrogens (primary N) is 1. The SMILES string of the molecule is CCCOc1cncc(NCC(CC)CCN)n1. The molecule has 0 amide bonds. The average molecular weight is 252 g/mol. The fourth-order valence-electron chi connectivity index (χ4n) is 1.64. The molecule has 0 aliphatic carbocycles. The summed E-state index contributed by atoms with van der Waals surface area (Å²) in [5.41, 5.74) is 5.58. The van der Waals surface area contributed by atoms with Gasteiger partial charge in [-0.2, -0.15) is 4.98 Å². The highest BCUT2D eigenvalue weighted by Crippen LogP contribution is 2.12. The molecule has 102 valence electrons. The monoisotopic (exact) mass is 252 g/mol. The van der Waals surface area contributed by atoms with Crippen molar-refractivity contribution in [3.63, 3.8) is 0 Å². The Morgan fingerprint density at radius 1 is 1.39 bits per heavy atom. The molecule has 5 heteroatoms. The minimum absolute atomic E-state index is 0.578. The van der Waals surface area contributed by atoms with E-state index in [1.807, 2.05) is 0 Å². The van der Waals surface area contributed by atoms with Crippen molar-refractivity contribution < 1.29 is 4.74 Å². The molecule has 0 saturated carbocycles. The van der Waals surface area contributed by atoms with Crippen LogP contribution in [-0.2, 0) is 0 Å². The number of anilines is 1. The van der Waals surface area contributed by atoms with E-state index in [1.54, 1.807) is 12.4 Å². The van der Waals surface area contributed by atoms with Crippen LogP contribution in [0.1, 0.15) is 33.1 Å². The quantitative estimate of drug-likeness (QED) is 0.703. The highest BCUT2D eigenvalue weighted by atomic mass is 16.5. The van der Waals surface area contributed by atoms with Gasteiger partial charge in [-0.05, 0) is 25.3 Å². The molecule has 1 aromatic heterocycles. The van der Waals surface area contributed by atoms with Crippen molar-refractivity contribution in [3.8, 4) is 5.88 Å². The first-order valence-electron chi connectivity index (χ1n) is 6.68. The van der Waals surface area contributed by atoms with E-state index in [0.717, 1.165) is 38.2 Å². The van der Waals surface area contributed by atoms with Crippen LogP contribution in [0.2, 0.25) is 0 Å². The van der Waals surface area contributed by atoms with Crippen LogP contribution in [0.5, 0.6) is 5.88 Å². The Balaban J connectivity index is 2.45. The molecule has 1 atom stereocenters. The van der Waals surface area contributed by atoms with E-state index < -0.39 is 0 Å². The van der Waals surface area contributed by atoms with Crippen molar-refractivity contribution in [1.29, 1.82) is 0 Å². The summed E-state index contributed by atoms with van der Waals surface area (Å²) in [6, 6.07) is 0. The Bertz CT molecular complexity index is 333. The van der Waals surface area contributed by atoms with Crippen LogP contribution in [0.3, 0.4) is 0 Å². The lowest BCUT2D eigenvalue weighted by Gasteiger charge is -2.15. The molecule has 0 aliphatic heterocycles. The molecular weight excluding hydrogens is 228 g/mol. The van der Waals surface area contributed by atoms with E-state index in [4.69, 9.17) is 10.5 Å². The molecule has 1 unspecified atom stereocenters. The number of hydrogen-bond acceptors (Lipinski definition) is 5. The van der Waals surface area contributed by atoms with Gasteiger partial charge in [0.15, 0.2) is 0 Å². The van der Waals surface area contributed by atoms with E-state index in [9.17, 15) is 0 Å². The topological polar surface area (TPSA) is 73.1 Å². The lowest BCUT2D eigenvalue weighted by Crippen LogP contribution is -2.18. The number of rotatable bonds is 9. The van der Waals surface area contributed by atoms with Crippen molar-refractivity contribution in [2.75, 3.05) is 25.0 Å². The Labute approximate surface area is 109 Å². The molecule has 0 bridgehead atoms. The summed E-state index contributed by atoms with van der Waals surface area (Å²) in [6.45, 7) is 6.51. The molecule has 0 fully saturated rings. The Kier molecular flexibility index (Phi) is 7.10. The van der Waals surface area contributed by atoms with Crippen LogP contribution in [0.25, 0.3) is 0 Å². The number of aromatic nitrogens is 2. The zero-order valence-corrected chi connectivity index (χ0v) is 11.4. The molecule has 3 N–H and O–H groups in total. The highest BCUT2D eigenvalue weighted by molar-refractivity contribution is 5.33. The summed E-state index contributed by atoms with van der Waals surface area (Å²) < 4.78 is 5.44. The van der Waals surface area contributed by atoms with Gasteiger partial charge in [-0.3, -0.25) is 4.98 Å². The van der Waals surface area contributed by atoms with Crippen LogP contribution in [0, 0.1) is 5.92 Å². The maximum absolute atomic E-state index is 5.58. The molecule has 0 aliphatic rings. The molecule has 18 heavy (non-hydrogen) atoms. The van der Waals surface area contributed by atoms with Gasteiger partial charge in [-0.1, -0.05) is 20.3 Å². The van der Waals surface area contributed by atoms with E-state index in [2.05, 4.69) is 29.1 Å². The largest absolute Gasteiger partial charge is 0.477 e. The normalized spacial score (nSPS) is 12.2. The van der Waals surface area contributed by atoms with Crippen molar-refractivity contribution in [2.45, 2.75) is 33.1 Å². The van der Waals surface area contributed by atoms with Crippen LogP contribution in [0.15, 0.2) is 12.4 Å². The van der Waals surface area contributed by atoms with Crippen molar-refractivity contribution >= 4 is 5.82 Å². The second-order valence-corrected chi connectivity index (χ2v) is 4.32. The van der Waals surface area contributed by atoms with Gasteiger partial charge in [0.25, 0.3) is 0 Å². The molecule has 1 aromatic rings. The fraction of sp³-hybridized carbons (Fsp3) is 0.692. The van der Waals surface area contributed by atoms with Gasteiger partial charge in [-0.15, -0.1) is 0 Å². The Morgan fingerprint density at radius 2 is 2.22 bits per heavy atom. The predicted octanol–water partition coefficient (Wildman–Crippen LogP) is 2.05. The molecule has 0 saturated heterocycles. The summed E-state index contributed by atoms with van der Waals surface area (Å²) in [7, 11) is 0. The van der Waals surface area contributed by atoms with Gasteiger partial charge in [0.1, 0.15) is 5.82 Å².